The zero-order valence-electron chi connectivity index (χ0n) is 3.72. The van der Waals surface area contributed by atoms with Gasteiger partial charge in [-0.05, 0) is 0 Å². The van der Waals surface area contributed by atoms with Gasteiger partial charge in [-0.15, -0.1) is 0 Å². The summed E-state index contributed by atoms with van der Waals surface area (Å²) in [7, 11) is 1.15. The molecule has 0 spiro atoms. The van der Waals surface area contributed by atoms with E-state index in [4.69, 9.17) is 0 Å². The third-order valence-electron chi connectivity index (χ3n) is 0.167. The average molecular weight is 118 g/mol. The molecule has 0 saturated carbocycles. The molecule has 0 unspecified atom stereocenters. The van der Waals surface area contributed by atoms with Gasteiger partial charge in [0, 0.05) is 0 Å². The molecule has 5 heteroatoms. The number of rotatable bonds is 1. The molecule has 0 N–H and O–H groups in total. The fourth-order valence-electron chi connectivity index (χ4n) is 0. The third-order valence-corrected chi connectivity index (χ3v) is 0.687. The van der Waals surface area contributed by atoms with Crippen LogP contribution in [0.5, 0.6) is 0 Å². The van der Waals surface area contributed by atoms with Crippen molar-refractivity contribution in [2.45, 2.75) is 0 Å². The average Bonchev–Trinajstić information content (AvgIpc) is 1.38. The van der Waals surface area contributed by atoms with Crippen LogP contribution in [0, 0.1) is 0 Å². The molecule has 0 aromatic carbocycles. The van der Waals surface area contributed by atoms with Gasteiger partial charge >= 0.3 is 54.9 Å². The maximum Gasteiger partial charge on any atom is 1.00 e. The molecule has 0 bridgehead atoms. The monoisotopic (exact) mass is 118 g/mol. The predicted molar refractivity (Wildman–Crippen MR) is 7.70 cm³/mol. The first-order valence-electron chi connectivity index (χ1n) is 1.02. The Hall–Kier alpha value is 1.03. The van der Waals surface area contributed by atoms with Crippen molar-refractivity contribution in [3.05, 3.63) is 0 Å². The van der Waals surface area contributed by atoms with Gasteiger partial charge in [0.25, 0.3) is 0 Å². The van der Waals surface area contributed by atoms with Crippen LogP contribution in [0.3, 0.4) is 0 Å². The maximum absolute atomic E-state index is 9.28. The normalized spacial score (nSPS) is 6.33. The Kier molecular flexibility index (Phi) is 10.2. The van der Waals surface area contributed by atoms with E-state index in [1.165, 1.54) is 0 Å². The van der Waals surface area contributed by atoms with Crippen molar-refractivity contribution >= 4 is 0 Å². The minimum Gasteiger partial charge on any atom is 1.00 e. The zero-order chi connectivity index (χ0) is 4.28. The number of hydrogen-bond donors (Lipinski definition) is 0. The summed E-state index contributed by atoms with van der Waals surface area (Å²) in [4.78, 5) is 0. The van der Waals surface area contributed by atoms with Gasteiger partial charge in [-0.2, -0.15) is 0 Å². The van der Waals surface area contributed by atoms with Gasteiger partial charge in [0.2, 0.25) is 0 Å². The molecule has 30 valence electrons. The molecule has 0 rings (SSSR count). The molecular formula is CH3LiO3Ti. The van der Waals surface area contributed by atoms with Crippen LogP contribution in [-0.4, -0.2) is 7.11 Å². The Bertz CT molecular complexity index is 46.1. The van der Waals surface area contributed by atoms with Crippen LogP contribution in [0.1, 0.15) is 0 Å². The van der Waals surface area contributed by atoms with Crippen molar-refractivity contribution in [2.24, 2.45) is 0 Å². The van der Waals surface area contributed by atoms with Crippen LogP contribution in [0.2, 0.25) is 0 Å². The Balaban J connectivity index is 0. The van der Waals surface area contributed by atoms with Crippen molar-refractivity contribution in [1.29, 1.82) is 0 Å². The Labute approximate surface area is 55.0 Å². The summed E-state index contributed by atoms with van der Waals surface area (Å²) in [6, 6.07) is 0. The minimum absolute atomic E-state index is 0. The molecule has 6 heavy (non-hydrogen) atoms. The molecule has 0 aliphatic heterocycles. The topological polar surface area (TPSA) is 49.4 Å². The van der Waals surface area contributed by atoms with E-state index < -0.39 is 18.6 Å². The van der Waals surface area contributed by atoms with E-state index >= 15 is 0 Å². The van der Waals surface area contributed by atoms with Gasteiger partial charge in [-0.25, -0.2) is 0 Å². The van der Waals surface area contributed by atoms with Crippen molar-refractivity contribution in [3.8, 4) is 0 Å². The molecule has 0 heterocycles. The van der Waals surface area contributed by atoms with Crippen molar-refractivity contribution < 1.29 is 47.8 Å². The molecule has 0 saturated heterocycles. The van der Waals surface area contributed by atoms with Gasteiger partial charge in [0.1, 0.15) is 0 Å². The quantitative estimate of drug-likeness (QED) is 0.328. The van der Waals surface area contributed by atoms with Crippen molar-refractivity contribution in [3.63, 3.8) is 0 Å². The Morgan fingerprint density at radius 3 is 2.00 bits per heavy atom. The first kappa shape index (κ1) is 10.1. The molecule has 0 aliphatic carbocycles. The predicted octanol–water partition coefficient (Wildman–Crippen LogP) is -4.21. The molecule has 0 radical (unpaired) electrons. The summed E-state index contributed by atoms with van der Waals surface area (Å²) in [6.07, 6.45) is 0. The van der Waals surface area contributed by atoms with Gasteiger partial charge in [-0.3, -0.25) is 0 Å². The molecular weight excluding hydrogens is 115 g/mol. The fraction of sp³-hybridized carbons (Fsp3) is 1.00. The van der Waals surface area contributed by atoms with E-state index in [2.05, 4.69) is 3.32 Å². The van der Waals surface area contributed by atoms with Crippen LogP contribution >= 0.6 is 0 Å². The second kappa shape index (κ2) is 6.03. The van der Waals surface area contributed by atoms with Crippen LogP contribution < -0.4 is 22.5 Å². The van der Waals surface area contributed by atoms with E-state index in [9.17, 15) is 7.01 Å². The van der Waals surface area contributed by atoms with Crippen molar-refractivity contribution in [2.75, 3.05) is 7.11 Å². The third kappa shape index (κ3) is 8.90. The summed E-state index contributed by atoms with van der Waals surface area (Å²) in [6.45, 7) is 0. The summed E-state index contributed by atoms with van der Waals surface area (Å²) < 4.78 is 22.4. The number of hydrogen-bond acceptors (Lipinski definition) is 3. The van der Waals surface area contributed by atoms with E-state index in [-0.39, 0.29) is 18.9 Å². The molecule has 0 atom stereocenters. The molecule has 0 aliphatic rings. The Morgan fingerprint density at radius 1 is 1.83 bits per heavy atom. The second-order valence-electron chi connectivity index (χ2n) is 0.454. The van der Waals surface area contributed by atoms with E-state index in [0.29, 0.717) is 0 Å². The first-order valence-corrected chi connectivity index (χ1v) is 2.93. The van der Waals surface area contributed by atoms with E-state index in [0.717, 1.165) is 7.11 Å². The summed E-state index contributed by atoms with van der Waals surface area (Å²) in [5, 5.41) is 0. The van der Waals surface area contributed by atoms with Crippen LogP contribution in [0.15, 0.2) is 0 Å². The van der Waals surface area contributed by atoms with Gasteiger partial charge in [0.05, 0.1) is 0 Å². The first-order chi connectivity index (χ1) is 2.27. The standard InChI is InChI=1S/CH3O.Li.2O.Ti/c1-2;;;;/h1H3;;;;/q-1;+1;;-1;+1. The van der Waals surface area contributed by atoms with Gasteiger partial charge in [-0.1, -0.05) is 0 Å². The van der Waals surface area contributed by atoms with Gasteiger partial charge < -0.3 is 0 Å². The fourth-order valence-corrected chi connectivity index (χ4v) is 0. The molecule has 0 aromatic heterocycles. The maximum atomic E-state index is 9.28. The summed E-state index contributed by atoms with van der Waals surface area (Å²) in [5.74, 6) is 0. The summed E-state index contributed by atoms with van der Waals surface area (Å²) >= 11 is -3.36. The van der Waals surface area contributed by atoms with E-state index in [1.54, 1.807) is 0 Å². The van der Waals surface area contributed by atoms with Gasteiger partial charge in [0.15, 0.2) is 0 Å². The zero-order valence-corrected chi connectivity index (χ0v) is 5.29. The SMILES string of the molecule is C[O][Ti](=[O])[O-].[Li+]. The molecule has 3 nitrogen and oxygen atoms in total. The second-order valence-corrected chi connectivity index (χ2v) is 1.87. The molecule has 0 aromatic rings. The van der Waals surface area contributed by atoms with E-state index in [1.807, 2.05) is 0 Å². The molecule has 0 fully saturated rings. The van der Waals surface area contributed by atoms with Crippen LogP contribution in [-0.2, 0) is 25.3 Å². The Morgan fingerprint density at radius 2 is 2.00 bits per heavy atom. The largest absolute Gasteiger partial charge is 1.00 e. The van der Waals surface area contributed by atoms with Crippen LogP contribution in [0.25, 0.3) is 0 Å². The minimum atomic E-state index is -3.36. The summed E-state index contributed by atoms with van der Waals surface area (Å²) in [5.41, 5.74) is 0. The van der Waals surface area contributed by atoms with Crippen molar-refractivity contribution in [1.82, 2.24) is 0 Å². The van der Waals surface area contributed by atoms with Crippen LogP contribution in [0.4, 0.5) is 0 Å². The molecule has 0 amide bonds. The smallest absolute Gasteiger partial charge is 1.00 e.